The molecule has 2 nitrogen and oxygen atoms in total. The third kappa shape index (κ3) is 3.62. The number of halogens is 2. The van der Waals surface area contributed by atoms with Crippen molar-refractivity contribution in [2.24, 2.45) is 0 Å². The normalized spacial score (nSPS) is 11.4. The average molecular weight is 417 g/mol. The minimum Gasteiger partial charge on any atom is -0.323 e. The molecule has 0 spiro atoms. The number of imidazole rings is 1. The van der Waals surface area contributed by atoms with Crippen LogP contribution in [-0.4, -0.2) is 9.55 Å². The maximum absolute atomic E-state index is 6.24. The third-order valence-corrected chi connectivity index (χ3v) is 5.96. The van der Waals surface area contributed by atoms with Crippen LogP contribution in [0.15, 0.2) is 84.9 Å². The average Bonchev–Trinajstić information content (AvgIpc) is 3.06. The second kappa shape index (κ2) is 7.55. The van der Waals surface area contributed by atoms with Gasteiger partial charge < -0.3 is 4.57 Å². The number of rotatable bonds is 4. The fraction of sp³-hybridized carbons (Fsp3) is 0.0800. The van der Waals surface area contributed by atoms with Crippen LogP contribution in [0.25, 0.3) is 21.8 Å². The monoisotopic (exact) mass is 416 g/mol. The second-order valence-electron chi connectivity index (χ2n) is 7.21. The van der Waals surface area contributed by atoms with Gasteiger partial charge in [-0.3, -0.25) is 0 Å². The summed E-state index contributed by atoms with van der Waals surface area (Å²) in [6, 6.07) is 29.1. The summed E-state index contributed by atoms with van der Waals surface area (Å²) in [5, 5.41) is 3.56. The van der Waals surface area contributed by atoms with E-state index in [9.17, 15) is 0 Å². The van der Waals surface area contributed by atoms with Crippen LogP contribution in [0, 0.1) is 0 Å². The molecule has 0 aliphatic carbocycles. The molecule has 4 heteroatoms. The van der Waals surface area contributed by atoms with Crippen molar-refractivity contribution in [2.45, 2.75) is 13.0 Å². The summed E-state index contributed by atoms with van der Waals surface area (Å²) in [7, 11) is 0. The molecule has 5 aromatic rings. The van der Waals surface area contributed by atoms with E-state index >= 15 is 0 Å². The van der Waals surface area contributed by atoms with Gasteiger partial charge in [-0.25, -0.2) is 4.98 Å². The summed E-state index contributed by atoms with van der Waals surface area (Å²) in [4.78, 5) is 4.99. The van der Waals surface area contributed by atoms with E-state index in [2.05, 4.69) is 65.2 Å². The summed E-state index contributed by atoms with van der Waals surface area (Å²) in [6.45, 7) is 0.770. The van der Waals surface area contributed by atoms with Crippen LogP contribution in [0.2, 0.25) is 10.0 Å². The lowest BCUT2D eigenvalue weighted by Crippen LogP contribution is -2.06. The molecule has 0 saturated carbocycles. The van der Waals surface area contributed by atoms with Crippen molar-refractivity contribution in [2.75, 3.05) is 0 Å². The van der Waals surface area contributed by atoms with Crippen molar-refractivity contribution in [3.63, 3.8) is 0 Å². The standard InChI is InChI=1S/C25H18Cl2N2/c26-21-11-10-18(12-22(21)27)13-25-28-23-14-19-8-4-5-9-20(19)15-24(23)29(25)16-17-6-2-1-3-7-17/h1-12,14-15H,13,16H2. The summed E-state index contributed by atoms with van der Waals surface area (Å²) >= 11 is 12.3. The molecule has 142 valence electrons. The summed E-state index contributed by atoms with van der Waals surface area (Å²) in [6.07, 6.45) is 0.689. The molecular formula is C25H18Cl2N2. The van der Waals surface area contributed by atoms with Gasteiger partial charge in [0, 0.05) is 13.0 Å². The molecule has 0 aliphatic heterocycles. The molecule has 0 radical (unpaired) electrons. The maximum Gasteiger partial charge on any atom is 0.114 e. The minimum atomic E-state index is 0.569. The van der Waals surface area contributed by atoms with Crippen LogP contribution in [0.4, 0.5) is 0 Å². The van der Waals surface area contributed by atoms with Crippen molar-refractivity contribution in [1.82, 2.24) is 9.55 Å². The zero-order valence-electron chi connectivity index (χ0n) is 15.6. The number of hydrogen-bond acceptors (Lipinski definition) is 1. The van der Waals surface area contributed by atoms with Gasteiger partial charge in [-0.05, 0) is 46.2 Å². The maximum atomic E-state index is 6.24. The Labute approximate surface area is 179 Å². The van der Waals surface area contributed by atoms with Crippen LogP contribution in [0.3, 0.4) is 0 Å². The van der Waals surface area contributed by atoms with Gasteiger partial charge in [-0.15, -0.1) is 0 Å². The predicted octanol–water partition coefficient (Wildman–Crippen LogP) is 7.14. The molecule has 29 heavy (non-hydrogen) atoms. The molecule has 5 rings (SSSR count). The molecule has 1 aromatic heterocycles. The number of aromatic nitrogens is 2. The highest BCUT2D eigenvalue weighted by atomic mass is 35.5. The molecule has 0 fully saturated rings. The smallest absolute Gasteiger partial charge is 0.114 e. The highest BCUT2D eigenvalue weighted by Crippen LogP contribution is 2.28. The first-order valence-corrected chi connectivity index (χ1v) is 10.3. The minimum absolute atomic E-state index is 0.569. The molecule has 0 bridgehead atoms. The van der Waals surface area contributed by atoms with Crippen LogP contribution in [-0.2, 0) is 13.0 Å². The van der Waals surface area contributed by atoms with Crippen LogP contribution >= 0.6 is 23.2 Å². The lowest BCUT2D eigenvalue weighted by Gasteiger charge is -2.11. The Balaban J connectivity index is 1.66. The summed E-state index contributed by atoms with van der Waals surface area (Å²) in [5.41, 5.74) is 4.49. The highest BCUT2D eigenvalue weighted by Gasteiger charge is 2.14. The van der Waals surface area contributed by atoms with Crippen molar-refractivity contribution in [3.05, 3.63) is 112 Å². The van der Waals surface area contributed by atoms with Gasteiger partial charge in [0.05, 0.1) is 21.1 Å². The van der Waals surface area contributed by atoms with Gasteiger partial charge in [0.15, 0.2) is 0 Å². The largest absolute Gasteiger partial charge is 0.323 e. The Morgan fingerprint density at radius 2 is 1.41 bits per heavy atom. The molecule has 0 unspecified atom stereocenters. The topological polar surface area (TPSA) is 17.8 Å². The SMILES string of the molecule is Clc1ccc(Cc2nc3cc4ccccc4cc3n2Cc2ccccc2)cc1Cl. The van der Waals surface area contributed by atoms with Gasteiger partial charge in [-0.2, -0.15) is 0 Å². The van der Waals surface area contributed by atoms with E-state index in [0.29, 0.717) is 16.5 Å². The van der Waals surface area contributed by atoms with Crippen molar-refractivity contribution >= 4 is 45.0 Å². The van der Waals surface area contributed by atoms with E-state index in [0.717, 1.165) is 29.0 Å². The fourth-order valence-corrected chi connectivity index (χ4v) is 4.09. The highest BCUT2D eigenvalue weighted by molar-refractivity contribution is 6.42. The Hall–Kier alpha value is -2.81. The van der Waals surface area contributed by atoms with E-state index in [1.165, 1.54) is 16.3 Å². The molecule has 0 aliphatic rings. The molecule has 0 amide bonds. The zero-order chi connectivity index (χ0) is 19.8. The van der Waals surface area contributed by atoms with E-state index < -0.39 is 0 Å². The number of hydrogen-bond donors (Lipinski definition) is 0. The fourth-order valence-electron chi connectivity index (χ4n) is 3.77. The first-order chi connectivity index (χ1) is 14.2. The predicted molar refractivity (Wildman–Crippen MR) is 122 cm³/mol. The van der Waals surface area contributed by atoms with Gasteiger partial charge >= 0.3 is 0 Å². The van der Waals surface area contributed by atoms with Crippen molar-refractivity contribution in [3.8, 4) is 0 Å². The van der Waals surface area contributed by atoms with E-state index in [4.69, 9.17) is 28.2 Å². The van der Waals surface area contributed by atoms with Crippen molar-refractivity contribution < 1.29 is 0 Å². The number of fused-ring (bicyclic) bond motifs is 2. The van der Waals surface area contributed by atoms with Gasteiger partial charge in [0.25, 0.3) is 0 Å². The van der Waals surface area contributed by atoms with Gasteiger partial charge in [-0.1, -0.05) is 83.9 Å². The summed E-state index contributed by atoms with van der Waals surface area (Å²) < 4.78 is 2.31. The van der Waals surface area contributed by atoms with E-state index in [1.807, 2.05) is 24.3 Å². The van der Waals surface area contributed by atoms with Gasteiger partial charge in [0.2, 0.25) is 0 Å². The lowest BCUT2D eigenvalue weighted by atomic mass is 10.1. The zero-order valence-corrected chi connectivity index (χ0v) is 17.2. The van der Waals surface area contributed by atoms with E-state index in [-0.39, 0.29) is 0 Å². The third-order valence-electron chi connectivity index (χ3n) is 5.22. The molecule has 4 aromatic carbocycles. The Bertz CT molecular complexity index is 1320. The number of nitrogens with zero attached hydrogens (tertiary/aromatic N) is 2. The lowest BCUT2D eigenvalue weighted by molar-refractivity contribution is 0.762. The van der Waals surface area contributed by atoms with Crippen LogP contribution < -0.4 is 0 Å². The molecule has 1 heterocycles. The van der Waals surface area contributed by atoms with Gasteiger partial charge in [0.1, 0.15) is 5.82 Å². The Morgan fingerprint density at radius 3 is 2.17 bits per heavy atom. The molecule has 0 saturated heterocycles. The molecule has 0 atom stereocenters. The van der Waals surface area contributed by atoms with Crippen LogP contribution in [0.1, 0.15) is 17.0 Å². The summed E-state index contributed by atoms with van der Waals surface area (Å²) in [5.74, 6) is 1.01. The molecular weight excluding hydrogens is 399 g/mol. The number of benzene rings is 4. The first-order valence-electron chi connectivity index (χ1n) is 9.53. The Morgan fingerprint density at radius 1 is 0.690 bits per heavy atom. The quantitative estimate of drug-likeness (QED) is 0.304. The van der Waals surface area contributed by atoms with Crippen LogP contribution in [0.5, 0.6) is 0 Å². The van der Waals surface area contributed by atoms with Crippen molar-refractivity contribution in [1.29, 1.82) is 0 Å². The molecule has 0 N–H and O–H groups in total. The van der Waals surface area contributed by atoms with E-state index in [1.54, 1.807) is 0 Å². The first kappa shape index (κ1) is 18.2. The Kier molecular flexibility index (Phi) is 4.75. The second-order valence-corrected chi connectivity index (χ2v) is 8.03.